The quantitative estimate of drug-likeness (QED) is 0.524. The minimum atomic E-state index is -0.472. The number of hydrogen-bond acceptors (Lipinski definition) is 2. The second kappa shape index (κ2) is 11.8. The van der Waals surface area contributed by atoms with Crippen molar-refractivity contribution in [2.45, 2.75) is 91.3 Å². The fourth-order valence-electron chi connectivity index (χ4n) is 3.71. The van der Waals surface area contributed by atoms with Crippen molar-refractivity contribution < 1.29 is 9.59 Å². The van der Waals surface area contributed by atoms with Gasteiger partial charge < -0.3 is 10.2 Å². The van der Waals surface area contributed by atoms with Gasteiger partial charge in [-0.3, -0.25) is 9.59 Å². The molecule has 4 nitrogen and oxygen atoms in total. The van der Waals surface area contributed by atoms with E-state index in [9.17, 15) is 9.59 Å². The lowest BCUT2D eigenvalue weighted by atomic mass is 9.86. The average molecular weight is 437 g/mol. The molecule has 2 aromatic rings. The number of rotatable bonds is 10. The van der Waals surface area contributed by atoms with E-state index in [1.807, 2.05) is 51.1 Å². The molecule has 0 heterocycles. The van der Waals surface area contributed by atoms with E-state index in [1.54, 1.807) is 4.90 Å². The Hall–Kier alpha value is -2.62. The van der Waals surface area contributed by atoms with Crippen LogP contribution in [0, 0.1) is 0 Å². The number of amides is 2. The van der Waals surface area contributed by atoms with E-state index in [-0.39, 0.29) is 23.3 Å². The first-order valence-corrected chi connectivity index (χ1v) is 11.9. The van der Waals surface area contributed by atoms with Crippen molar-refractivity contribution in [2.24, 2.45) is 0 Å². The molecule has 0 aliphatic heterocycles. The molecule has 0 unspecified atom stereocenters. The maximum atomic E-state index is 13.4. The zero-order valence-corrected chi connectivity index (χ0v) is 20.7. The highest BCUT2D eigenvalue weighted by Gasteiger charge is 2.29. The van der Waals surface area contributed by atoms with Gasteiger partial charge in [0.2, 0.25) is 11.8 Å². The van der Waals surface area contributed by atoms with Crippen LogP contribution in [0.15, 0.2) is 54.6 Å². The van der Waals surface area contributed by atoms with Crippen LogP contribution in [0.4, 0.5) is 0 Å². The first-order valence-electron chi connectivity index (χ1n) is 11.9. The summed E-state index contributed by atoms with van der Waals surface area (Å²) >= 11 is 0. The molecule has 174 valence electrons. The topological polar surface area (TPSA) is 49.4 Å². The van der Waals surface area contributed by atoms with E-state index in [2.05, 4.69) is 50.4 Å². The fourth-order valence-corrected chi connectivity index (χ4v) is 3.71. The van der Waals surface area contributed by atoms with Crippen LogP contribution in [0.25, 0.3) is 0 Å². The molecule has 2 atom stereocenters. The van der Waals surface area contributed by atoms with Gasteiger partial charge in [-0.25, -0.2) is 0 Å². The Labute approximate surface area is 194 Å². The molecule has 2 aromatic carbocycles. The summed E-state index contributed by atoms with van der Waals surface area (Å²) in [6.45, 7) is 13.0. The van der Waals surface area contributed by atoms with Gasteiger partial charge in [0.25, 0.3) is 0 Å². The summed E-state index contributed by atoms with van der Waals surface area (Å²) in [6.07, 6.45) is 2.49. The minimum Gasteiger partial charge on any atom is -0.352 e. The fraction of sp³-hybridized carbons (Fsp3) is 0.500. The molecule has 0 bridgehead atoms. The van der Waals surface area contributed by atoms with Crippen LogP contribution in [-0.4, -0.2) is 28.8 Å². The summed E-state index contributed by atoms with van der Waals surface area (Å²) in [7, 11) is 0. The van der Waals surface area contributed by atoms with Crippen molar-refractivity contribution in [1.29, 1.82) is 0 Å². The predicted octanol–water partition coefficient (Wildman–Crippen LogP) is 5.64. The van der Waals surface area contributed by atoms with Gasteiger partial charge in [-0.1, -0.05) is 89.2 Å². The summed E-state index contributed by atoms with van der Waals surface area (Å²) < 4.78 is 0. The molecule has 0 aliphatic carbocycles. The number of nitrogens with one attached hydrogen (secondary N) is 1. The predicted molar refractivity (Wildman–Crippen MR) is 132 cm³/mol. The molecule has 1 N–H and O–H groups in total. The van der Waals surface area contributed by atoms with Crippen molar-refractivity contribution in [2.75, 3.05) is 0 Å². The molecule has 2 rings (SSSR count). The highest BCUT2D eigenvalue weighted by Crippen LogP contribution is 2.23. The third-order valence-corrected chi connectivity index (χ3v) is 6.03. The van der Waals surface area contributed by atoms with Gasteiger partial charge in [-0.2, -0.15) is 0 Å². The lowest BCUT2D eigenvalue weighted by Gasteiger charge is -2.31. The molecule has 4 heteroatoms. The number of nitrogens with zero attached hydrogens (tertiary/aromatic N) is 1. The molecular weight excluding hydrogens is 396 g/mol. The van der Waals surface area contributed by atoms with E-state index in [4.69, 9.17) is 0 Å². The van der Waals surface area contributed by atoms with Gasteiger partial charge in [0.15, 0.2) is 0 Å². The number of aryl methyl sites for hydroxylation is 1. The summed E-state index contributed by atoms with van der Waals surface area (Å²) in [5.41, 5.74) is 3.57. The van der Waals surface area contributed by atoms with E-state index >= 15 is 0 Å². The Morgan fingerprint density at radius 3 is 2.06 bits per heavy atom. The van der Waals surface area contributed by atoms with Crippen LogP contribution in [0.2, 0.25) is 0 Å². The molecule has 0 fully saturated rings. The number of carbonyl (C=O) groups is 2. The zero-order valence-electron chi connectivity index (χ0n) is 20.7. The van der Waals surface area contributed by atoms with Crippen LogP contribution < -0.4 is 5.32 Å². The minimum absolute atomic E-state index is 0.0138. The lowest BCUT2D eigenvalue weighted by molar-refractivity contribution is -0.141. The molecule has 0 aromatic heterocycles. The van der Waals surface area contributed by atoms with Crippen molar-refractivity contribution >= 4 is 11.8 Å². The van der Waals surface area contributed by atoms with Gasteiger partial charge in [0, 0.05) is 19.0 Å². The molecule has 0 saturated heterocycles. The third-order valence-electron chi connectivity index (χ3n) is 6.03. The standard InChI is InChI=1S/C28H40N2O2/c1-7-21(3)29-27(32)25(8-2)30(20-23-12-10-9-11-13-23)26(31)19-16-22-14-17-24(18-15-22)28(4,5)6/h9-15,17-18,21,25H,7-8,16,19-20H2,1-6H3,(H,29,32)/t21-,25-/m0/s1. The van der Waals surface area contributed by atoms with E-state index < -0.39 is 6.04 Å². The Balaban J connectivity index is 2.16. The second-order valence-electron chi connectivity index (χ2n) is 9.70. The number of hydrogen-bond donors (Lipinski definition) is 1. The van der Waals surface area contributed by atoms with E-state index in [0.717, 1.165) is 17.5 Å². The summed E-state index contributed by atoms with van der Waals surface area (Å²) in [6, 6.07) is 18.0. The molecule has 0 spiro atoms. The van der Waals surface area contributed by atoms with Crippen molar-refractivity contribution in [3.63, 3.8) is 0 Å². The number of benzene rings is 2. The van der Waals surface area contributed by atoms with E-state index in [0.29, 0.717) is 25.8 Å². The maximum Gasteiger partial charge on any atom is 0.243 e. The Morgan fingerprint density at radius 2 is 1.53 bits per heavy atom. The van der Waals surface area contributed by atoms with Gasteiger partial charge in [0.1, 0.15) is 6.04 Å². The zero-order chi connectivity index (χ0) is 23.7. The van der Waals surface area contributed by atoms with Gasteiger partial charge in [-0.05, 0) is 48.3 Å². The van der Waals surface area contributed by atoms with Crippen LogP contribution in [0.1, 0.15) is 77.5 Å². The van der Waals surface area contributed by atoms with E-state index in [1.165, 1.54) is 5.56 Å². The van der Waals surface area contributed by atoms with Crippen molar-refractivity contribution in [3.8, 4) is 0 Å². The van der Waals surface area contributed by atoms with Crippen molar-refractivity contribution in [1.82, 2.24) is 10.2 Å². The molecule has 0 saturated carbocycles. The Bertz CT molecular complexity index is 853. The maximum absolute atomic E-state index is 13.4. The third kappa shape index (κ3) is 7.51. The highest BCUT2D eigenvalue weighted by molar-refractivity contribution is 5.87. The van der Waals surface area contributed by atoms with Crippen LogP contribution >= 0.6 is 0 Å². The highest BCUT2D eigenvalue weighted by atomic mass is 16.2. The lowest BCUT2D eigenvalue weighted by Crippen LogP contribution is -2.50. The largest absolute Gasteiger partial charge is 0.352 e. The molecule has 0 radical (unpaired) electrons. The molecular formula is C28H40N2O2. The summed E-state index contributed by atoms with van der Waals surface area (Å²) in [5, 5.41) is 3.06. The smallest absolute Gasteiger partial charge is 0.243 e. The van der Waals surface area contributed by atoms with Crippen LogP contribution in [-0.2, 0) is 28.0 Å². The summed E-state index contributed by atoms with van der Waals surface area (Å²) in [5.74, 6) is -0.0550. The van der Waals surface area contributed by atoms with Gasteiger partial charge in [0.05, 0.1) is 0 Å². The van der Waals surface area contributed by atoms with Crippen molar-refractivity contribution in [3.05, 3.63) is 71.3 Å². The first kappa shape index (κ1) is 25.6. The van der Waals surface area contributed by atoms with Gasteiger partial charge in [-0.15, -0.1) is 0 Å². The number of carbonyl (C=O) groups excluding carboxylic acids is 2. The Kier molecular flexibility index (Phi) is 9.49. The average Bonchev–Trinajstić information content (AvgIpc) is 2.77. The molecule has 2 amide bonds. The SMILES string of the molecule is CC[C@H](C)NC(=O)[C@H](CC)N(Cc1ccccc1)C(=O)CCc1ccc(C(C)(C)C)cc1. The second-order valence-corrected chi connectivity index (χ2v) is 9.70. The molecule has 32 heavy (non-hydrogen) atoms. The Morgan fingerprint density at radius 1 is 0.906 bits per heavy atom. The first-order chi connectivity index (χ1) is 15.2. The van der Waals surface area contributed by atoms with Crippen LogP contribution in [0.5, 0.6) is 0 Å². The van der Waals surface area contributed by atoms with Crippen LogP contribution in [0.3, 0.4) is 0 Å². The molecule has 0 aliphatic rings. The monoisotopic (exact) mass is 436 g/mol. The summed E-state index contributed by atoms with van der Waals surface area (Å²) in [4.78, 5) is 28.1. The van der Waals surface area contributed by atoms with Gasteiger partial charge >= 0.3 is 0 Å². The normalized spacial score (nSPS) is 13.3.